The van der Waals surface area contributed by atoms with Gasteiger partial charge in [0.1, 0.15) is 17.2 Å². The molecule has 0 aliphatic rings. The van der Waals surface area contributed by atoms with Crippen molar-refractivity contribution < 1.29 is 9.53 Å². The highest BCUT2D eigenvalue weighted by molar-refractivity contribution is 9.10. The molecule has 0 unspecified atom stereocenters. The van der Waals surface area contributed by atoms with Crippen LogP contribution in [0.15, 0.2) is 58.1 Å². The van der Waals surface area contributed by atoms with E-state index in [9.17, 15) is 4.79 Å². The topological polar surface area (TPSA) is 63.6 Å². The number of hydrazone groups is 1. The van der Waals surface area contributed by atoms with Crippen LogP contribution in [-0.4, -0.2) is 17.1 Å². The number of carbonyl (C=O) groups is 1. The van der Waals surface area contributed by atoms with Crippen molar-refractivity contribution in [2.45, 2.75) is 20.5 Å². The molecule has 2 aromatic carbocycles. The molecule has 0 saturated carbocycles. The number of halogens is 1. The molecule has 1 N–H and O–H groups in total. The van der Waals surface area contributed by atoms with Crippen LogP contribution in [0.3, 0.4) is 0 Å². The number of nitrogens with one attached hydrogen (secondary N) is 1. The summed E-state index contributed by atoms with van der Waals surface area (Å²) in [7, 11) is 0. The predicted molar refractivity (Wildman–Crippen MR) is 112 cm³/mol. The summed E-state index contributed by atoms with van der Waals surface area (Å²) in [5.74, 6) is 0.485. The summed E-state index contributed by atoms with van der Waals surface area (Å²) in [6.45, 7) is 4.17. The molecule has 0 bridgehead atoms. The quantitative estimate of drug-likeness (QED) is 0.436. The zero-order chi connectivity index (χ0) is 19.2. The summed E-state index contributed by atoms with van der Waals surface area (Å²) in [6.07, 6.45) is 1.59. The first-order valence-corrected chi connectivity index (χ1v) is 9.87. The first-order valence-electron chi connectivity index (χ1n) is 8.26. The Morgan fingerprint density at radius 3 is 2.74 bits per heavy atom. The highest BCUT2D eigenvalue weighted by Gasteiger charge is 2.12. The second-order valence-electron chi connectivity index (χ2n) is 5.83. The van der Waals surface area contributed by atoms with Gasteiger partial charge in [-0.1, -0.05) is 40.2 Å². The Hall–Kier alpha value is -2.51. The molecule has 7 heteroatoms. The van der Waals surface area contributed by atoms with E-state index in [-0.39, 0.29) is 5.91 Å². The number of nitrogens with zero attached hydrogens (tertiary/aromatic N) is 2. The van der Waals surface area contributed by atoms with Crippen molar-refractivity contribution in [2.75, 3.05) is 0 Å². The summed E-state index contributed by atoms with van der Waals surface area (Å²) < 4.78 is 6.85. The van der Waals surface area contributed by atoms with Gasteiger partial charge in [-0.05, 0) is 49.2 Å². The smallest absolute Gasteiger partial charge is 0.283 e. The molecule has 1 aromatic heterocycles. The zero-order valence-electron chi connectivity index (χ0n) is 14.9. The van der Waals surface area contributed by atoms with Crippen LogP contribution < -0.4 is 10.2 Å². The van der Waals surface area contributed by atoms with E-state index < -0.39 is 0 Å². The van der Waals surface area contributed by atoms with E-state index in [0.29, 0.717) is 17.2 Å². The number of aryl methyl sites for hydroxylation is 2. The van der Waals surface area contributed by atoms with Crippen molar-refractivity contribution in [1.29, 1.82) is 0 Å². The van der Waals surface area contributed by atoms with Crippen LogP contribution in [0.4, 0.5) is 0 Å². The highest BCUT2D eigenvalue weighted by Crippen LogP contribution is 2.17. The van der Waals surface area contributed by atoms with Gasteiger partial charge in [0.25, 0.3) is 5.91 Å². The van der Waals surface area contributed by atoms with Gasteiger partial charge in [-0.25, -0.2) is 10.4 Å². The van der Waals surface area contributed by atoms with Crippen molar-refractivity contribution >= 4 is 39.4 Å². The standard InChI is InChI=1S/C20H18BrN3O2S/c1-13-19(27-14(2)23-13)20(25)24-22-11-16-4-3-5-18(10-16)26-12-15-6-8-17(21)9-7-15/h3-11H,12H2,1-2H3,(H,24,25)/b22-11+. The van der Waals surface area contributed by atoms with E-state index in [2.05, 4.69) is 31.4 Å². The molecule has 27 heavy (non-hydrogen) atoms. The summed E-state index contributed by atoms with van der Waals surface area (Å²) in [5.41, 5.74) is 5.17. The highest BCUT2D eigenvalue weighted by atomic mass is 79.9. The number of amides is 1. The molecule has 3 aromatic rings. The number of hydrogen-bond acceptors (Lipinski definition) is 5. The Morgan fingerprint density at radius 2 is 2.04 bits per heavy atom. The maximum atomic E-state index is 12.1. The Kier molecular flexibility index (Phi) is 6.36. The second-order valence-corrected chi connectivity index (χ2v) is 7.95. The summed E-state index contributed by atoms with van der Waals surface area (Å²) in [6, 6.07) is 15.5. The number of benzene rings is 2. The van der Waals surface area contributed by atoms with Gasteiger partial charge in [0, 0.05) is 4.47 Å². The lowest BCUT2D eigenvalue weighted by Crippen LogP contribution is -2.17. The summed E-state index contributed by atoms with van der Waals surface area (Å²) in [5, 5.41) is 4.89. The molecule has 0 fully saturated rings. The van der Waals surface area contributed by atoms with Crippen molar-refractivity contribution in [2.24, 2.45) is 5.10 Å². The van der Waals surface area contributed by atoms with Gasteiger partial charge < -0.3 is 4.74 Å². The Balaban J connectivity index is 1.58. The van der Waals surface area contributed by atoms with Crippen molar-refractivity contribution in [1.82, 2.24) is 10.4 Å². The normalized spacial score (nSPS) is 10.9. The Bertz CT molecular complexity index is 968. The number of carbonyl (C=O) groups excluding carboxylic acids is 1. The van der Waals surface area contributed by atoms with Crippen LogP contribution in [-0.2, 0) is 6.61 Å². The predicted octanol–water partition coefficient (Wildman–Crippen LogP) is 4.87. The monoisotopic (exact) mass is 443 g/mol. The van der Waals surface area contributed by atoms with Gasteiger partial charge in [-0.15, -0.1) is 11.3 Å². The second kappa shape index (κ2) is 8.92. The molecule has 0 aliphatic carbocycles. The number of aromatic nitrogens is 1. The number of hydrogen-bond donors (Lipinski definition) is 1. The first-order chi connectivity index (χ1) is 13.0. The third-order valence-electron chi connectivity index (χ3n) is 3.67. The SMILES string of the molecule is Cc1nc(C)c(C(=O)N/N=C/c2cccc(OCc3ccc(Br)cc3)c2)s1. The van der Waals surface area contributed by atoms with E-state index in [1.807, 2.05) is 62.4 Å². The van der Waals surface area contributed by atoms with Gasteiger partial charge in [-0.3, -0.25) is 4.79 Å². The van der Waals surface area contributed by atoms with Gasteiger partial charge in [-0.2, -0.15) is 5.10 Å². The Labute approximate surface area is 170 Å². The van der Waals surface area contributed by atoms with Crippen LogP contribution in [0.25, 0.3) is 0 Å². The minimum Gasteiger partial charge on any atom is -0.489 e. The van der Waals surface area contributed by atoms with Crippen LogP contribution in [0.5, 0.6) is 5.75 Å². The average Bonchev–Trinajstić information content (AvgIpc) is 3.00. The molecule has 3 rings (SSSR count). The largest absolute Gasteiger partial charge is 0.489 e. The van der Waals surface area contributed by atoms with E-state index in [4.69, 9.17) is 4.74 Å². The molecule has 1 heterocycles. The molecule has 0 saturated heterocycles. The minimum absolute atomic E-state index is 0.253. The number of rotatable bonds is 6. The fourth-order valence-corrected chi connectivity index (χ4v) is 3.46. The van der Waals surface area contributed by atoms with E-state index >= 15 is 0 Å². The lowest BCUT2D eigenvalue weighted by molar-refractivity contribution is 0.0958. The summed E-state index contributed by atoms with van der Waals surface area (Å²) in [4.78, 5) is 17.0. The van der Waals surface area contributed by atoms with Crippen molar-refractivity contribution in [3.8, 4) is 5.75 Å². The molecule has 138 valence electrons. The molecule has 1 amide bonds. The van der Waals surface area contributed by atoms with E-state index in [0.717, 1.165) is 26.4 Å². The molecular formula is C20H18BrN3O2S. The van der Waals surface area contributed by atoms with Crippen molar-refractivity contribution in [3.05, 3.63) is 79.7 Å². The third-order valence-corrected chi connectivity index (χ3v) is 5.27. The fraction of sp³-hybridized carbons (Fsp3) is 0.150. The van der Waals surface area contributed by atoms with Crippen LogP contribution >= 0.6 is 27.3 Å². The molecule has 0 aliphatic heterocycles. The lowest BCUT2D eigenvalue weighted by Gasteiger charge is -2.07. The molecule has 0 atom stereocenters. The lowest BCUT2D eigenvalue weighted by atomic mass is 10.2. The number of thiazole rings is 1. The minimum atomic E-state index is -0.253. The molecule has 5 nitrogen and oxygen atoms in total. The van der Waals surface area contributed by atoms with E-state index in [1.165, 1.54) is 11.3 Å². The van der Waals surface area contributed by atoms with Crippen molar-refractivity contribution in [3.63, 3.8) is 0 Å². The maximum Gasteiger partial charge on any atom is 0.283 e. The molecule has 0 radical (unpaired) electrons. The van der Waals surface area contributed by atoms with Crippen LogP contribution in [0.2, 0.25) is 0 Å². The molecule has 0 spiro atoms. The fourth-order valence-electron chi connectivity index (χ4n) is 2.39. The third kappa shape index (κ3) is 5.48. The van der Waals surface area contributed by atoms with Gasteiger partial charge >= 0.3 is 0 Å². The van der Waals surface area contributed by atoms with Gasteiger partial charge in [0.05, 0.1) is 16.9 Å². The first kappa shape index (κ1) is 19.3. The van der Waals surface area contributed by atoms with Gasteiger partial charge in [0.15, 0.2) is 0 Å². The average molecular weight is 444 g/mol. The number of ether oxygens (including phenoxy) is 1. The van der Waals surface area contributed by atoms with E-state index in [1.54, 1.807) is 6.21 Å². The van der Waals surface area contributed by atoms with Gasteiger partial charge in [0.2, 0.25) is 0 Å². The van der Waals surface area contributed by atoms with Crippen LogP contribution in [0, 0.1) is 13.8 Å². The Morgan fingerprint density at radius 1 is 1.26 bits per heavy atom. The maximum absolute atomic E-state index is 12.1. The van der Waals surface area contributed by atoms with Crippen LogP contribution in [0.1, 0.15) is 31.5 Å². The zero-order valence-corrected chi connectivity index (χ0v) is 17.3. The summed E-state index contributed by atoms with van der Waals surface area (Å²) >= 11 is 4.77. The molecular weight excluding hydrogens is 426 g/mol.